The SMILES string of the molecule is Cc1nc2ncnn2c(N)c1Cc1ccc(Br)c(-n2ccc(C(F)(F)F)n2)n1. The maximum absolute atomic E-state index is 12.8. The van der Waals surface area contributed by atoms with E-state index in [-0.39, 0.29) is 5.82 Å². The van der Waals surface area contributed by atoms with Gasteiger partial charge in [0.2, 0.25) is 0 Å². The van der Waals surface area contributed by atoms with E-state index in [9.17, 15) is 13.2 Å². The molecular formula is C16H12BrF3N8. The van der Waals surface area contributed by atoms with Crippen molar-refractivity contribution in [3.8, 4) is 5.82 Å². The molecule has 0 atom stereocenters. The summed E-state index contributed by atoms with van der Waals surface area (Å²) in [6.45, 7) is 1.79. The summed E-state index contributed by atoms with van der Waals surface area (Å²) >= 11 is 3.30. The van der Waals surface area contributed by atoms with Crippen LogP contribution in [0.2, 0.25) is 0 Å². The van der Waals surface area contributed by atoms with Crippen molar-refractivity contribution in [2.75, 3.05) is 5.73 Å². The van der Waals surface area contributed by atoms with E-state index in [1.807, 2.05) is 0 Å². The van der Waals surface area contributed by atoms with Crippen LogP contribution in [-0.4, -0.2) is 34.3 Å². The maximum Gasteiger partial charge on any atom is 0.435 e. The molecule has 0 saturated carbocycles. The van der Waals surface area contributed by atoms with Crippen LogP contribution in [0.1, 0.15) is 22.6 Å². The number of pyridine rings is 1. The van der Waals surface area contributed by atoms with Gasteiger partial charge in [-0.25, -0.2) is 14.6 Å². The van der Waals surface area contributed by atoms with Gasteiger partial charge in [-0.1, -0.05) is 0 Å². The van der Waals surface area contributed by atoms with Crippen molar-refractivity contribution >= 4 is 27.5 Å². The van der Waals surface area contributed by atoms with Crippen molar-refractivity contribution < 1.29 is 13.2 Å². The van der Waals surface area contributed by atoms with E-state index in [2.05, 4.69) is 41.1 Å². The van der Waals surface area contributed by atoms with Crippen molar-refractivity contribution in [3.63, 3.8) is 0 Å². The van der Waals surface area contributed by atoms with E-state index in [0.29, 0.717) is 39.4 Å². The first-order valence-corrected chi connectivity index (χ1v) is 8.76. The quantitative estimate of drug-likeness (QED) is 0.512. The number of halogens is 4. The zero-order valence-corrected chi connectivity index (χ0v) is 15.9. The Hall–Kier alpha value is -3.02. The number of nitrogens with zero attached hydrogens (tertiary/aromatic N) is 7. The number of hydrogen-bond acceptors (Lipinski definition) is 6. The number of nitrogen functional groups attached to an aromatic ring is 1. The number of fused-ring (bicyclic) bond motifs is 1. The van der Waals surface area contributed by atoms with Gasteiger partial charge in [0, 0.05) is 29.6 Å². The summed E-state index contributed by atoms with van der Waals surface area (Å²) in [7, 11) is 0. The van der Waals surface area contributed by atoms with Crippen LogP contribution in [-0.2, 0) is 12.6 Å². The minimum Gasteiger partial charge on any atom is -0.383 e. The zero-order chi connectivity index (χ0) is 20.1. The molecule has 0 fully saturated rings. The number of nitrogens with two attached hydrogens (primary N) is 1. The highest BCUT2D eigenvalue weighted by atomic mass is 79.9. The lowest BCUT2D eigenvalue weighted by molar-refractivity contribution is -0.141. The number of hydrogen-bond donors (Lipinski definition) is 1. The summed E-state index contributed by atoms with van der Waals surface area (Å²) in [5.74, 6) is 1.00. The van der Waals surface area contributed by atoms with Crippen LogP contribution >= 0.6 is 15.9 Å². The van der Waals surface area contributed by atoms with Crippen molar-refractivity contribution in [1.29, 1.82) is 0 Å². The average molecular weight is 453 g/mol. The fourth-order valence-corrected chi connectivity index (χ4v) is 3.14. The Bertz CT molecular complexity index is 1180. The molecule has 0 aliphatic heterocycles. The van der Waals surface area contributed by atoms with Gasteiger partial charge in [0.05, 0.1) is 4.47 Å². The van der Waals surface area contributed by atoms with E-state index in [0.717, 1.165) is 10.7 Å². The normalized spacial score (nSPS) is 12.0. The molecule has 2 N–H and O–H groups in total. The fourth-order valence-electron chi connectivity index (χ4n) is 2.73. The number of rotatable bonds is 3. The van der Waals surface area contributed by atoms with E-state index in [4.69, 9.17) is 5.73 Å². The predicted molar refractivity (Wildman–Crippen MR) is 96.8 cm³/mol. The Morgan fingerprint density at radius 1 is 1.18 bits per heavy atom. The molecule has 0 bridgehead atoms. The molecule has 4 aromatic heterocycles. The lowest BCUT2D eigenvalue weighted by Crippen LogP contribution is -2.11. The molecule has 0 unspecified atom stereocenters. The fraction of sp³-hybridized carbons (Fsp3) is 0.188. The van der Waals surface area contributed by atoms with Crippen molar-refractivity contribution in [3.05, 3.63) is 57.8 Å². The smallest absolute Gasteiger partial charge is 0.383 e. The van der Waals surface area contributed by atoms with Crippen molar-refractivity contribution in [1.82, 2.24) is 34.3 Å². The molecule has 0 radical (unpaired) electrons. The van der Waals surface area contributed by atoms with Crippen LogP contribution in [0.3, 0.4) is 0 Å². The molecular weight excluding hydrogens is 441 g/mol. The Labute approximate surface area is 164 Å². The number of aromatic nitrogens is 7. The first-order chi connectivity index (χ1) is 13.2. The molecule has 12 heteroatoms. The van der Waals surface area contributed by atoms with Gasteiger partial charge in [0.15, 0.2) is 11.5 Å². The molecule has 4 rings (SSSR count). The summed E-state index contributed by atoms with van der Waals surface area (Å²) in [6.07, 6.45) is -1.65. The van der Waals surface area contributed by atoms with E-state index in [1.165, 1.54) is 17.0 Å². The minimum atomic E-state index is -4.53. The van der Waals surface area contributed by atoms with E-state index in [1.54, 1.807) is 19.1 Å². The standard InChI is InChI=1S/C16H12BrF3N8/c1-8-10(13(21)28-15(24-8)22-7-23-28)6-9-2-3-11(17)14(25-9)27-5-4-12(26-27)16(18,19)20/h2-5,7H,6,21H2,1H3. The average Bonchev–Trinajstić information content (AvgIpc) is 3.29. The lowest BCUT2D eigenvalue weighted by Gasteiger charge is -2.11. The number of alkyl halides is 3. The predicted octanol–water partition coefficient (Wildman–Crippen LogP) is 2.97. The second-order valence-electron chi connectivity index (χ2n) is 5.96. The van der Waals surface area contributed by atoms with Gasteiger partial charge in [0.25, 0.3) is 5.78 Å². The highest BCUT2D eigenvalue weighted by Crippen LogP contribution is 2.29. The van der Waals surface area contributed by atoms with Crippen LogP contribution in [0.5, 0.6) is 0 Å². The van der Waals surface area contributed by atoms with E-state index < -0.39 is 11.9 Å². The van der Waals surface area contributed by atoms with Crippen LogP contribution in [0.4, 0.5) is 19.0 Å². The van der Waals surface area contributed by atoms with Crippen molar-refractivity contribution in [2.45, 2.75) is 19.5 Å². The molecule has 0 saturated heterocycles. The van der Waals surface area contributed by atoms with Crippen molar-refractivity contribution in [2.24, 2.45) is 0 Å². The van der Waals surface area contributed by atoms with Crippen LogP contribution < -0.4 is 5.73 Å². The number of aryl methyl sites for hydroxylation is 1. The molecule has 0 aliphatic carbocycles. The van der Waals surface area contributed by atoms with Gasteiger partial charge in [-0.15, -0.1) is 0 Å². The Balaban J connectivity index is 1.73. The first-order valence-electron chi connectivity index (χ1n) is 7.97. The monoisotopic (exact) mass is 452 g/mol. The molecule has 28 heavy (non-hydrogen) atoms. The summed E-state index contributed by atoms with van der Waals surface area (Å²) in [4.78, 5) is 12.8. The van der Waals surface area contributed by atoms with Gasteiger partial charge in [-0.2, -0.15) is 32.9 Å². The first kappa shape index (κ1) is 18.3. The molecule has 144 valence electrons. The lowest BCUT2D eigenvalue weighted by atomic mass is 10.1. The third-order valence-corrected chi connectivity index (χ3v) is 4.73. The molecule has 4 heterocycles. The topological polar surface area (TPSA) is 99.8 Å². The molecule has 0 aliphatic rings. The molecule has 4 aromatic rings. The number of anilines is 1. The summed E-state index contributed by atoms with van der Waals surface area (Å²) in [5.41, 5.74) is 7.15. The van der Waals surface area contributed by atoms with Gasteiger partial charge in [-0.3, -0.25) is 0 Å². The summed E-state index contributed by atoms with van der Waals surface area (Å²) < 4.78 is 41.5. The largest absolute Gasteiger partial charge is 0.435 e. The van der Waals surface area contributed by atoms with Crippen LogP contribution in [0, 0.1) is 6.92 Å². The Morgan fingerprint density at radius 3 is 2.68 bits per heavy atom. The van der Waals surface area contributed by atoms with Gasteiger partial charge < -0.3 is 5.73 Å². The highest BCUT2D eigenvalue weighted by molar-refractivity contribution is 9.10. The minimum absolute atomic E-state index is 0.235. The molecule has 0 amide bonds. The maximum atomic E-state index is 12.8. The van der Waals surface area contributed by atoms with Gasteiger partial charge in [0.1, 0.15) is 12.1 Å². The summed E-state index contributed by atoms with van der Waals surface area (Å²) in [5, 5.41) is 7.61. The molecule has 0 aromatic carbocycles. The second-order valence-corrected chi connectivity index (χ2v) is 6.82. The van der Waals surface area contributed by atoms with Crippen LogP contribution in [0.15, 0.2) is 35.2 Å². The Kier molecular flexibility index (Phi) is 4.29. The highest BCUT2D eigenvalue weighted by Gasteiger charge is 2.33. The third-order valence-electron chi connectivity index (χ3n) is 4.11. The van der Waals surface area contributed by atoms with Gasteiger partial charge >= 0.3 is 6.18 Å². The second kappa shape index (κ2) is 6.55. The van der Waals surface area contributed by atoms with Gasteiger partial charge in [-0.05, 0) is 41.1 Å². The van der Waals surface area contributed by atoms with E-state index >= 15 is 0 Å². The summed E-state index contributed by atoms with van der Waals surface area (Å²) in [6, 6.07) is 4.33. The van der Waals surface area contributed by atoms with Crippen LogP contribution in [0.25, 0.3) is 11.6 Å². The molecule has 8 nitrogen and oxygen atoms in total. The zero-order valence-electron chi connectivity index (χ0n) is 14.3. The third kappa shape index (κ3) is 3.19. The Morgan fingerprint density at radius 2 is 1.96 bits per heavy atom. The molecule has 0 spiro atoms.